The van der Waals surface area contributed by atoms with Gasteiger partial charge in [-0.3, -0.25) is 4.79 Å². The highest BCUT2D eigenvalue weighted by molar-refractivity contribution is 7.92. The van der Waals surface area contributed by atoms with Crippen LogP contribution >= 0.6 is 0 Å². The fourth-order valence-electron chi connectivity index (χ4n) is 3.41. The van der Waals surface area contributed by atoms with Crippen molar-refractivity contribution in [1.29, 1.82) is 0 Å². The highest BCUT2D eigenvalue weighted by Crippen LogP contribution is 2.39. The highest BCUT2D eigenvalue weighted by Gasteiger charge is 2.37. The minimum absolute atomic E-state index is 0.125. The molecule has 0 aromatic heterocycles. The van der Waals surface area contributed by atoms with Gasteiger partial charge in [-0.15, -0.1) is 0 Å². The lowest BCUT2D eigenvalue weighted by atomic mass is 9.99. The number of phenolic OH excluding ortho intramolecular Hbond substituents is 1. The number of anilines is 1. The molecule has 0 saturated carbocycles. The van der Waals surface area contributed by atoms with Crippen molar-refractivity contribution in [1.82, 2.24) is 10.0 Å². The molecule has 2 aromatic rings. The van der Waals surface area contributed by atoms with Gasteiger partial charge >= 0.3 is 10.2 Å². The molecule has 2 heterocycles. The van der Waals surface area contributed by atoms with E-state index >= 15 is 4.39 Å². The fraction of sp³-hybridized carbons (Fsp3) is 0.312. The number of carbonyl (C=O) groups is 1. The van der Waals surface area contributed by atoms with Gasteiger partial charge in [0.15, 0.2) is 5.82 Å². The van der Waals surface area contributed by atoms with E-state index < -0.39 is 39.9 Å². The van der Waals surface area contributed by atoms with Gasteiger partial charge in [0.05, 0.1) is 0 Å². The van der Waals surface area contributed by atoms with Crippen LogP contribution in [0.1, 0.15) is 24.4 Å². The van der Waals surface area contributed by atoms with Crippen molar-refractivity contribution in [3.05, 3.63) is 35.6 Å². The molecule has 1 atom stereocenters. The Labute approximate surface area is 143 Å². The molecule has 25 heavy (non-hydrogen) atoms. The van der Waals surface area contributed by atoms with Gasteiger partial charge in [0.2, 0.25) is 0 Å². The van der Waals surface area contributed by atoms with E-state index in [4.69, 9.17) is 0 Å². The van der Waals surface area contributed by atoms with Crippen LogP contribution in [-0.4, -0.2) is 32.5 Å². The van der Waals surface area contributed by atoms with E-state index in [1.54, 1.807) is 16.9 Å². The number of fused-ring (bicyclic) bond motifs is 1. The van der Waals surface area contributed by atoms with Crippen LogP contribution in [0.2, 0.25) is 0 Å². The normalized spacial score (nSPS) is 22.5. The summed E-state index contributed by atoms with van der Waals surface area (Å²) in [6, 6.07) is 6.65. The molecule has 2 aliphatic heterocycles. The van der Waals surface area contributed by atoms with Gasteiger partial charge in [-0.25, -0.2) is 13.4 Å². The Morgan fingerprint density at radius 3 is 2.72 bits per heavy atom. The average Bonchev–Trinajstić information content (AvgIpc) is 3.15. The quantitative estimate of drug-likeness (QED) is 0.745. The molecule has 2 fully saturated rings. The molecule has 3 N–H and O–H groups in total. The zero-order valence-corrected chi connectivity index (χ0v) is 13.9. The van der Waals surface area contributed by atoms with E-state index in [1.807, 2.05) is 6.07 Å². The van der Waals surface area contributed by atoms with Crippen LogP contribution in [-0.2, 0) is 15.0 Å². The predicted octanol–water partition coefficient (Wildman–Crippen LogP) is 1.29. The van der Waals surface area contributed by atoms with Crippen LogP contribution in [0.4, 0.5) is 10.1 Å². The Hall–Kier alpha value is -2.39. The minimum atomic E-state index is -4.21. The summed E-state index contributed by atoms with van der Waals surface area (Å²) in [5, 5.41) is 14.1. The maximum absolute atomic E-state index is 15.1. The lowest BCUT2D eigenvalue weighted by Gasteiger charge is -2.19. The van der Waals surface area contributed by atoms with E-state index in [-0.39, 0.29) is 11.4 Å². The molecular formula is C16H16FN3O4S. The standard InChI is InChI=1S/C16H16FN3O4S/c17-15-11-6-10(12-2-1-5-18-12)4-3-9(11)7-13(21)16(15)20-8-14(22)19-25(20,23)24/h3-4,6-7,12,18,21H,1-2,5,8H2,(H,19,22). The maximum atomic E-state index is 15.1. The van der Waals surface area contributed by atoms with Crippen molar-refractivity contribution < 1.29 is 22.7 Å². The third-order valence-corrected chi connectivity index (χ3v) is 5.97. The third-order valence-electron chi connectivity index (χ3n) is 4.59. The molecule has 4 rings (SSSR count). The largest absolute Gasteiger partial charge is 0.506 e. The molecule has 1 amide bonds. The fourth-order valence-corrected chi connectivity index (χ4v) is 4.58. The molecule has 1 unspecified atom stereocenters. The van der Waals surface area contributed by atoms with Gasteiger partial charge in [-0.1, -0.05) is 12.1 Å². The monoisotopic (exact) mass is 365 g/mol. The van der Waals surface area contributed by atoms with Crippen LogP contribution in [0.3, 0.4) is 0 Å². The first-order valence-electron chi connectivity index (χ1n) is 7.88. The second kappa shape index (κ2) is 5.57. The molecule has 0 bridgehead atoms. The van der Waals surface area contributed by atoms with Gasteiger partial charge in [-0.05, 0) is 42.5 Å². The van der Waals surface area contributed by atoms with Gasteiger partial charge in [0.25, 0.3) is 5.91 Å². The predicted molar refractivity (Wildman–Crippen MR) is 90.0 cm³/mol. The molecule has 0 aliphatic carbocycles. The number of aromatic hydroxyl groups is 1. The van der Waals surface area contributed by atoms with Crippen molar-refractivity contribution in [2.45, 2.75) is 18.9 Å². The average molecular weight is 365 g/mol. The topological polar surface area (TPSA) is 98.7 Å². The number of hydrogen-bond donors (Lipinski definition) is 3. The number of halogens is 1. The summed E-state index contributed by atoms with van der Waals surface area (Å²) in [5.41, 5.74) is 0.390. The summed E-state index contributed by atoms with van der Waals surface area (Å²) in [4.78, 5) is 11.4. The second-order valence-electron chi connectivity index (χ2n) is 6.22. The first kappa shape index (κ1) is 16.1. The van der Waals surface area contributed by atoms with Gasteiger partial charge < -0.3 is 10.4 Å². The van der Waals surface area contributed by atoms with Crippen molar-refractivity contribution in [2.24, 2.45) is 0 Å². The van der Waals surface area contributed by atoms with Crippen LogP contribution in [0.15, 0.2) is 24.3 Å². The number of phenols is 1. The van der Waals surface area contributed by atoms with E-state index in [9.17, 15) is 18.3 Å². The first-order valence-corrected chi connectivity index (χ1v) is 9.32. The first-order chi connectivity index (χ1) is 11.9. The number of nitrogens with one attached hydrogen (secondary N) is 2. The number of nitrogens with zero attached hydrogens (tertiary/aromatic N) is 1. The van der Waals surface area contributed by atoms with E-state index in [2.05, 4.69) is 5.32 Å². The van der Waals surface area contributed by atoms with E-state index in [1.165, 1.54) is 6.07 Å². The van der Waals surface area contributed by atoms with Crippen LogP contribution in [0, 0.1) is 5.82 Å². The van der Waals surface area contributed by atoms with Crippen molar-refractivity contribution in [3.63, 3.8) is 0 Å². The SMILES string of the molecule is O=C1CN(c2c(O)cc3ccc(C4CCCN4)cc3c2F)S(=O)(=O)N1. The lowest BCUT2D eigenvalue weighted by molar-refractivity contribution is -0.117. The van der Waals surface area contributed by atoms with Gasteiger partial charge in [-0.2, -0.15) is 8.42 Å². The molecule has 0 radical (unpaired) electrons. The van der Waals surface area contributed by atoms with Gasteiger partial charge in [0.1, 0.15) is 18.0 Å². The van der Waals surface area contributed by atoms with Gasteiger partial charge in [0, 0.05) is 11.4 Å². The van der Waals surface area contributed by atoms with Crippen LogP contribution in [0.5, 0.6) is 5.75 Å². The molecule has 2 aromatic carbocycles. The number of benzene rings is 2. The summed E-state index contributed by atoms with van der Waals surface area (Å²) in [6.45, 7) is 0.327. The summed E-state index contributed by atoms with van der Waals surface area (Å²) >= 11 is 0. The summed E-state index contributed by atoms with van der Waals surface area (Å²) < 4.78 is 41.4. The zero-order valence-electron chi connectivity index (χ0n) is 13.1. The molecular weight excluding hydrogens is 349 g/mol. The van der Waals surface area contributed by atoms with E-state index in [0.717, 1.165) is 24.9 Å². The smallest absolute Gasteiger partial charge is 0.326 e. The molecule has 7 nitrogen and oxygen atoms in total. The summed E-state index contributed by atoms with van der Waals surface area (Å²) in [5.74, 6) is -2.17. The number of hydrogen-bond acceptors (Lipinski definition) is 5. The Morgan fingerprint density at radius 2 is 2.08 bits per heavy atom. The van der Waals surface area contributed by atoms with Crippen molar-refractivity contribution in [2.75, 3.05) is 17.4 Å². The van der Waals surface area contributed by atoms with Crippen LogP contribution in [0.25, 0.3) is 10.8 Å². The Bertz CT molecular complexity index is 987. The van der Waals surface area contributed by atoms with Crippen molar-refractivity contribution in [3.8, 4) is 5.75 Å². The zero-order chi connectivity index (χ0) is 17.8. The molecule has 2 saturated heterocycles. The minimum Gasteiger partial charge on any atom is -0.506 e. The number of carbonyl (C=O) groups excluding carboxylic acids is 1. The molecule has 0 spiro atoms. The van der Waals surface area contributed by atoms with E-state index in [0.29, 0.717) is 9.69 Å². The number of rotatable bonds is 2. The van der Waals surface area contributed by atoms with Crippen molar-refractivity contribution >= 4 is 32.6 Å². The molecule has 2 aliphatic rings. The summed E-state index contributed by atoms with van der Waals surface area (Å²) in [6.07, 6.45) is 1.98. The van der Waals surface area contributed by atoms with Crippen LogP contribution < -0.4 is 14.3 Å². The third kappa shape index (κ3) is 2.59. The second-order valence-corrected chi connectivity index (χ2v) is 7.82. The molecule has 9 heteroatoms. The number of amides is 1. The highest BCUT2D eigenvalue weighted by atomic mass is 32.2. The Kier molecular flexibility index (Phi) is 3.58. The Morgan fingerprint density at radius 1 is 1.28 bits per heavy atom. The Balaban J connectivity index is 1.88. The summed E-state index contributed by atoms with van der Waals surface area (Å²) in [7, 11) is -4.21. The lowest BCUT2D eigenvalue weighted by Crippen LogP contribution is -2.30. The maximum Gasteiger partial charge on any atom is 0.326 e. The molecule has 132 valence electrons.